The Morgan fingerprint density at radius 3 is 2.28 bits per heavy atom. The van der Waals surface area contributed by atoms with Gasteiger partial charge in [-0.1, -0.05) is 11.2 Å². The molecule has 2 aromatic carbocycles. The number of aliphatic hydroxyl groups is 1. The van der Waals surface area contributed by atoms with Crippen molar-refractivity contribution in [3.05, 3.63) is 53.6 Å². The number of nitrogens with zero attached hydrogens (tertiary/aromatic N) is 1. The first kappa shape index (κ1) is 16.9. The van der Waals surface area contributed by atoms with Gasteiger partial charge in [-0.3, -0.25) is 0 Å². The number of aromatic nitrogens is 1. The molecule has 0 aliphatic heterocycles. The molecule has 0 fully saturated rings. The number of hydrogen-bond donors (Lipinski definition) is 1. The zero-order valence-electron chi connectivity index (χ0n) is 13.5. The molecule has 0 aliphatic carbocycles. The van der Waals surface area contributed by atoms with Gasteiger partial charge in [0.25, 0.3) is 0 Å². The van der Waals surface area contributed by atoms with E-state index < -0.39 is 18.2 Å². The summed E-state index contributed by atoms with van der Waals surface area (Å²) in [6.45, 7) is -0.422. The van der Waals surface area contributed by atoms with E-state index in [1.165, 1.54) is 20.3 Å². The molecule has 0 spiro atoms. The fourth-order valence-electron chi connectivity index (χ4n) is 2.60. The SMILES string of the molecule is COc1cccc(OC)c1-c1noc(-c2ccc(F)c(F)c2)c1CO. The molecule has 25 heavy (non-hydrogen) atoms. The molecule has 0 saturated carbocycles. The van der Waals surface area contributed by atoms with E-state index in [1.54, 1.807) is 18.2 Å². The number of ether oxygens (including phenoxy) is 2. The number of rotatable bonds is 5. The minimum Gasteiger partial charge on any atom is -0.496 e. The maximum Gasteiger partial charge on any atom is 0.173 e. The van der Waals surface area contributed by atoms with Crippen LogP contribution in [0.4, 0.5) is 8.78 Å². The molecule has 0 aliphatic rings. The third kappa shape index (κ3) is 2.94. The van der Waals surface area contributed by atoms with Gasteiger partial charge in [0.05, 0.1) is 32.0 Å². The predicted octanol–water partition coefficient (Wildman–Crippen LogP) is 3.80. The number of hydrogen-bond acceptors (Lipinski definition) is 5. The van der Waals surface area contributed by atoms with Crippen LogP contribution in [0.25, 0.3) is 22.6 Å². The van der Waals surface area contributed by atoms with Crippen LogP contribution in [-0.2, 0) is 6.61 Å². The maximum absolute atomic E-state index is 13.5. The smallest absolute Gasteiger partial charge is 0.173 e. The lowest BCUT2D eigenvalue weighted by atomic mass is 10.0. The van der Waals surface area contributed by atoms with Crippen molar-refractivity contribution in [2.45, 2.75) is 6.61 Å². The monoisotopic (exact) mass is 347 g/mol. The summed E-state index contributed by atoms with van der Waals surface area (Å²) in [4.78, 5) is 0. The molecule has 0 saturated heterocycles. The second kappa shape index (κ2) is 6.90. The van der Waals surface area contributed by atoms with Crippen molar-refractivity contribution in [2.24, 2.45) is 0 Å². The maximum atomic E-state index is 13.5. The van der Waals surface area contributed by atoms with Gasteiger partial charge in [-0.25, -0.2) is 8.78 Å². The predicted molar refractivity (Wildman–Crippen MR) is 86.3 cm³/mol. The lowest BCUT2D eigenvalue weighted by Crippen LogP contribution is -1.96. The summed E-state index contributed by atoms with van der Waals surface area (Å²) in [5.74, 6) is -0.905. The highest BCUT2D eigenvalue weighted by molar-refractivity contribution is 5.80. The molecule has 3 aromatic rings. The summed E-state index contributed by atoms with van der Waals surface area (Å²) >= 11 is 0. The van der Waals surface area contributed by atoms with Crippen LogP contribution in [0.15, 0.2) is 40.9 Å². The van der Waals surface area contributed by atoms with Crippen molar-refractivity contribution in [2.75, 3.05) is 14.2 Å². The molecule has 0 radical (unpaired) electrons. The van der Waals surface area contributed by atoms with Crippen LogP contribution in [0.1, 0.15) is 5.56 Å². The van der Waals surface area contributed by atoms with Crippen LogP contribution in [-0.4, -0.2) is 24.5 Å². The zero-order chi connectivity index (χ0) is 18.0. The summed E-state index contributed by atoms with van der Waals surface area (Å²) in [5.41, 5.74) is 1.37. The fraction of sp³-hybridized carbons (Fsp3) is 0.167. The Bertz CT molecular complexity index is 886. The normalized spacial score (nSPS) is 10.8. The third-order valence-electron chi connectivity index (χ3n) is 3.79. The molecule has 0 atom stereocenters. The van der Waals surface area contributed by atoms with Crippen LogP contribution < -0.4 is 9.47 Å². The molecule has 5 nitrogen and oxygen atoms in total. The van der Waals surface area contributed by atoms with Crippen molar-refractivity contribution < 1.29 is 27.9 Å². The number of aliphatic hydroxyl groups excluding tert-OH is 1. The Kier molecular flexibility index (Phi) is 4.67. The molecule has 0 unspecified atom stereocenters. The molecule has 1 heterocycles. The van der Waals surface area contributed by atoms with Gasteiger partial charge in [0.15, 0.2) is 17.4 Å². The van der Waals surface area contributed by atoms with E-state index in [0.717, 1.165) is 12.1 Å². The van der Waals surface area contributed by atoms with Gasteiger partial charge in [0, 0.05) is 5.56 Å². The molecular weight excluding hydrogens is 332 g/mol. The first-order chi connectivity index (χ1) is 12.1. The average Bonchev–Trinajstić information content (AvgIpc) is 3.06. The number of halogens is 2. The average molecular weight is 347 g/mol. The highest BCUT2D eigenvalue weighted by Crippen LogP contribution is 2.42. The number of benzene rings is 2. The van der Waals surface area contributed by atoms with E-state index in [1.807, 2.05) is 0 Å². The van der Waals surface area contributed by atoms with Crippen LogP contribution >= 0.6 is 0 Å². The Morgan fingerprint density at radius 2 is 1.72 bits per heavy atom. The third-order valence-corrected chi connectivity index (χ3v) is 3.79. The van der Waals surface area contributed by atoms with Crippen molar-refractivity contribution in [1.82, 2.24) is 5.16 Å². The first-order valence-electron chi connectivity index (χ1n) is 7.36. The Labute approximate surface area is 142 Å². The van der Waals surface area contributed by atoms with Crippen LogP contribution in [0.3, 0.4) is 0 Å². The quantitative estimate of drug-likeness (QED) is 0.761. The Balaban J connectivity index is 2.21. The van der Waals surface area contributed by atoms with E-state index >= 15 is 0 Å². The molecule has 3 rings (SSSR count). The van der Waals surface area contributed by atoms with Crippen molar-refractivity contribution in [3.63, 3.8) is 0 Å². The summed E-state index contributed by atoms with van der Waals surface area (Å²) in [7, 11) is 2.99. The summed E-state index contributed by atoms with van der Waals surface area (Å²) in [6, 6.07) is 8.49. The molecule has 1 aromatic heterocycles. The minimum atomic E-state index is -1.02. The van der Waals surface area contributed by atoms with E-state index in [2.05, 4.69) is 5.16 Å². The van der Waals surface area contributed by atoms with Gasteiger partial charge >= 0.3 is 0 Å². The molecule has 130 valence electrons. The van der Waals surface area contributed by atoms with Crippen LogP contribution in [0.5, 0.6) is 11.5 Å². The van der Waals surface area contributed by atoms with Crippen LogP contribution in [0, 0.1) is 11.6 Å². The van der Waals surface area contributed by atoms with Crippen LogP contribution in [0.2, 0.25) is 0 Å². The Hall–Kier alpha value is -2.93. The molecule has 0 amide bonds. The standard InChI is InChI=1S/C18H15F2NO4/c1-23-14-4-3-5-15(24-2)16(14)17-11(9-22)18(25-21-17)10-6-7-12(19)13(20)8-10/h3-8,22H,9H2,1-2H3. The summed E-state index contributed by atoms with van der Waals surface area (Å²) < 4.78 is 42.7. The highest BCUT2D eigenvalue weighted by Gasteiger charge is 2.24. The first-order valence-corrected chi connectivity index (χ1v) is 7.36. The van der Waals surface area contributed by atoms with Crippen molar-refractivity contribution in [1.29, 1.82) is 0 Å². The van der Waals surface area contributed by atoms with Gasteiger partial charge in [0.1, 0.15) is 17.2 Å². The lowest BCUT2D eigenvalue weighted by Gasteiger charge is -2.11. The van der Waals surface area contributed by atoms with E-state index in [-0.39, 0.29) is 11.3 Å². The van der Waals surface area contributed by atoms with E-state index in [4.69, 9.17) is 14.0 Å². The summed E-state index contributed by atoms with van der Waals surface area (Å²) in [5, 5.41) is 13.8. The van der Waals surface area contributed by atoms with Crippen molar-refractivity contribution >= 4 is 0 Å². The molecule has 1 N–H and O–H groups in total. The highest BCUT2D eigenvalue weighted by atomic mass is 19.2. The fourth-order valence-corrected chi connectivity index (χ4v) is 2.60. The van der Waals surface area contributed by atoms with Gasteiger partial charge in [-0.05, 0) is 30.3 Å². The van der Waals surface area contributed by atoms with Gasteiger partial charge < -0.3 is 19.1 Å². The van der Waals surface area contributed by atoms with E-state index in [0.29, 0.717) is 28.3 Å². The number of methoxy groups -OCH3 is 2. The van der Waals surface area contributed by atoms with Gasteiger partial charge in [-0.2, -0.15) is 0 Å². The Morgan fingerprint density at radius 1 is 1.04 bits per heavy atom. The topological polar surface area (TPSA) is 64.7 Å². The molecule has 7 heteroatoms. The zero-order valence-corrected chi connectivity index (χ0v) is 13.5. The second-order valence-corrected chi connectivity index (χ2v) is 5.16. The minimum absolute atomic E-state index is 0.143. The van der Waals surface area contributed by atoms with Crippen molar-refractivity contribution in [3.8, 4) is 34.1 Å². The second-order valence-electron chi connectivity index (χ2n) is 5.16. The largest absolute Gasteiger partial charge is 0.496 e. The lowest BCUT2D eigenvalue weighted by molar-refractivity contribution is 0.281. The molecule has 0 bridgehead atoms. The van der Waals surface area contributed by atoms with Gasteiger partial charge in [0.2, 0.25) is 0 Å². The summed E-state index contributed by atoms with van der Waals surface area (Å²) in [6.07, 6.45) is 0. The van der Waals surface area contributed by atoms with E-state index in [9.17, 15) is 13.9 Å². The molecular formula is C18H15F2NO4. The van der Waals surface area contributed by atoms with Gasteiger partial charge in [-0.15, -0.1) is 0 Å².